The summed E-state index contributed by atoms with van der Waals surface area (Å²) in [5, 5.41) is 15.3. The quantitative estimate of drug-likeness (QED) is 0.717. The van der Waals surface area contributed by atoms with Crippen LogP contribution in [0.1, 0.15) is 30.6 Å². The van der Waals surface area contributed by atoms with Crippen LogP contribution < -0.4 is 0 Å². The molecule has 0 aliphatic carbocycles. The van der Waals surface area contributed by atoms with Crippen LogP contribution in [-0.4, -0.2) is 32.4 Å². The van der Waals surface area contributed by atoms with Crippen LogP contribution in [0.4, 0.5) is 0 Å². The molecule has 2 heterocycles. The first-order valence-electron chi connectivity index (χ1n) is 4.44. The molecule has 0 spiro atoms. The molecule has 2 atom stereocenters. The number of carboxylic acid groups (broad SMARTS) is 1. The lowest BCUT2D eigenvalue weighted by atomic mass is 10.2. The Morgan fingerprint density at radius 1 is 1.64 bits per heavy atom. The predicted octanol–water partition coefficient (Wildman–Crippen LogP) is 0.418. The molecule has 2 unspecified atom stereocenters. The zero-order valence-electron chi connectivity index (χ0n) is 7.73. The summed E-state index contributed by atoms with van der Waals surface area (Å²) in [5.41, 5.74) is 0. The highest BCUT2D eigenvalue weighted by atomic mass is 16.5. The Bertz CT molecular complexity index is 349. The number of aliphatic carboxylic acids is 1. The first-order valence-corrected chi connectivity index (χ1v) is 4.44. The zero-order chi connectivity index (χ0) is 10.1. The summed E-state index contributed by atoms with van der Waals surface area (Å²) in [7, 11) is 0. The van der Waals surface area contributed by atoms with Gasteiger partial charge in [-0.15, -0.1) is 0 Å². The fourth-order valence-corrected chi connectivity index (χ4v) is 1.51. The van der Waals surface area contributed by atoms with Crippen LogP contribution in [0.2, 0.25) is 0 Å². The summed E-state index contributed by atoms with van der Waals surface area (Å²) >= 11 is 0. The number of ether oxygens (including phenoxy) is 1. The van der Waals surface area contributed by atoms with E-state index in [1.807, 2.05) is 0 Å². The van der Waals surface area contributed by atoms with Crippen LogP contribution in [0, 0.1) is 6.92 Å². The van der Waals surface area contributed by atoms with E-state index in [2.05, 4.69) is 15.2 Å². The van der Waals surface area contributed by atoms with Crippen molar-refractivity contribution in [2.45, 2.75) is 32.0 Å². The number of carbonyl (C=O) groups is 1. The van der Waals surface area contributed by atoms with Crippen LogP contribution in [-0.2, 0) is 9.53 Å². The molecule has 0 radical (unpaired) electrons. The van der Waals surface area contributed by atoms with Gasteiger partial charge < -0.3 is 9.84 Å². The lowest BCUT2D eigenvalue weighted by molar-refractivity contribution is -0.149. The van der Waals surface area contributed by atoms with Crippen molar-refractivity contribution >= 4 is 5.97 Å². The predicted molar refractivity (Wildman–Crippen MR) is 45.6 cm³/mol. The van der Waals surface area contributed by atoms with Crippen molar-refractivity contribution in [1.82, 2.24) is 15.2 Å². The number of nitrogens with zero attached hydrogens (tertiary/aromatic N) is 2. The smallest absolute Gasteiger partial charge is 0.332 e. The van der Waals surface area contributed by atoms with E-state index in [0.717, 1.165) is 0 Å². The van der Waals surface area contributed by atoms with E-state index in [1.54, 1.807) is 6.92 Å². The zero-order valence-corrected chi connectivity index (χ0v) is 7.73. The molecule has 6 nitrogen and oxygen atoms in total. The Morgan fingerprint density at radius 3 is 2.93 bits per heavy atom. The van der Waals surface area contributed by atoms with E-state index in [9.17, 15) is 4.79 Å². The van der Waals surface area contributed by atoms with Gasteiger partial charge >= 0.3 is 5.97 Å². The van der Waals surface area contributed by atoms with Crippen molar-refractivity contribution in [2.75, 3.05) is 0 Å². The molecular weight excluding hydrogens is 186 g/mol. The third-order valence-corrected chi connectivity index (χ3v) is 2.20. The number of hydrogen-bond acceptors (Lipinski definition) is 4. The van der Waals surface area contributed by atoms with E-state index >= 15 is 0 Å². The van der Waals surface area contributed by atoms with Gasteiger partial charge in [-0.3, -0.25) is 5.10 Å². The van der Waals surface area contributed by atoms with E-state index in [0.29, 0.717) is 24.5 Å². The number of nitrogens with one attached hydrogen (secondary N) is 1. The summed E-state index contributed by atoms with van der Waals surface area (Å²) in [6, 6.07) is 0. The second kappa shape index (κ2) is 3.38. The van der Waals surface area contributed by atoms with Gasteiger partial charge in [0.2, 0.25) is 0 Å². The number of rotatable bonds is 2. The molecule has 1 fully saturated rings. The van der Waals surface area contributed by atoms with Crippen LogP contribution >= 0.6 is 0 Å². The maximum absolute atomic E-state index is 10.6. The fourth-order valence-electron chi connectivity index (χ4n) is 1.51. The van der Waals surface area contributed by atoms with E-state index in [1.165, 1.54) is 0 Å². The normalized spacial score (nSPS) is 26.6. The largest absolute Gasteiger partial charge is 0.479 e. The van der Waals surface area contributed by atoms with Gasteiger partial charge in [0.05, 0.1) is 0 Å². The molecule has 0 saturated carbocycles. The van der Waals surface area contributed by atoms with Crippen molar-refractivity contribution in [3.05, 3.63) is 11.6 Å². The van der Waals surface area contributed by atoms with Crippen molar-refractivity contribution in [3.8, 4) is 0 Å². The third-order valence-electron chi connectivity index (χ3n) is 2.20. The maximum atomic E-state index is 10.6. The Kier molecular flexibility index (Phi) is 2.20. The van der Waals surface area contributed by atoms with Gasteiger partial charge in [0.1, 0.15) is 11.9 Å². The summed E-state index contributed by atoms with van der Waals surface area (Å²) in [6.07, 6.45) is 0.196. The van der Waals surface area contributed by atoms with E-state index in [-0.39, 0.29) is 6.10 Å². The van der Waals surface area contributed by atoms with Gasteiger partial charge in [-0.1, -0.05) is 0 Å². The minimum Gasteiger partial charge on any atom is -0.479 e. The van der Waals surface area contributed by atoms with Crippen molar-refractivity contribution in [2.24, 2.45) is 0 Å². The highest BCUT2D eigenvalue weighted by Crippen LogP contribution is 2.30. The summed E-state index contributed by atoms with van der Waals surface area (Å²) in [4.78, 5) is 14.7. The van der Waals surface area contributed by atoms with Gasteiger partial charge in [0.15, 0.2) is 11.9 Å². The van der Waals surface area contributed by atoms with Crippen LogP contribution in [0.3, 0.4) is 0 Å². The van der Waals surface area contributed by atoms with Crippen molar-refractivity contribution in [3.63, 3.8) is 0 Å². The Balaban J connectivity index is 2.05. The lowest BCUT2D eigenvalue weighted by Gasteiger charge is -2.06. The summed E-state index contributed by atoms with van der Waals surface area (Å²) < 4.78 is 5.28. The fraction of sp³-hybridized carbons (Fsp3) is 0.625. The number of aromatic nitrogens is 3. The maximum Gasteiger partial charge on any atom is 0.332 e. The molecule has 0 bridgehead atoms. The number of carboxylic acids is 1. The Hall–Kier alpha value is -1.43. The van der Waals surface area contributed by atoms with Gasteiger partial charge in [-0.2, -0.15) is 5.10 Å². The first-order chi connectivity index (χ1) is 6.66. The molecule has 14 heavy (non-hydrogen) atoms. The molecule has 2 N–H and O–H groups in total. The second-order valence-corrected chi connectivity index (χ2v) is 3.31. The Morgan fingerprint density at radius 2 is 2.43 bits per heavy atom. The Labute approximate surface area is 80.3 Å². The molecule has 1 aliphatic rings. The number of hydrogen-bond donors (Lipinski definition) is 2. The van der Waals surface area contributed by atoms with Crippen LogP contribution in [0.25, 0.3) is 0 Å². The number of aryl methyl sites for hydroxylation is 1. The third kappa shape index (κ3) is 1.60. The monoisotopic (exact) mass is 197 g/mol. The highest BCUT2D eigenvalue weighted by Gasteiger charge is 2.33. The topological polar surface area (TPSA) is 88.1 Å². The summed E-state index contributed by atoms with van der Waals surface area (Å²) in [6.45, 7) is 1.79. The molecule has 1 aromatic rings. The SMILES string of the molecule is Cc1nc(C2CCC(C(=O)O)O2)n[nH]1. The van der Waals surface area contributed by atoms with Gasteiger partial charge in [0, 0.05) is 0 Å². The van der Waals surface area contributed by atoms with Crippen LogP contribution in [0.15, 0.2) is 0 Å². The minimum absolute atomic E-state index is 0.277. The van der Waals surface area contributed by atoms with Gasteiger partial charge in [-0.05, 0) is 19.8 Å². The number of H-pyrrole nitrogens is 1. The molecule has 1 aromatic heterocycles. The minimum atomic E-state index is -0.917. The van der Waals surface area contributed by atoms with E-state index < -0.39 is 12.1 Å². The summed E-state index contributed by atoms with van der Waals surface area (Å²) in [5.74, 6) is 0.341. The average Bonchev–Trinajstić information content (AvgIpc) is 2.70. The van der Waals surface area contributed by atoms with Gasteiger partial charge in [0.25, 0.3) is 0 Å². The highest BCUT2D eigenvalue weighted by molar-refractivity contribution is 5.72. The first kappa shape index (κ1) is 9.14. The molecule has 1 aliphatic heterocycles. The molecule has 76 valence electrons. The van der Waals surface area contributed by atoms with Gasteiger partial charge in [-0.25, -0.2) is 9.78 Å². The van der Waals surface area contributed by atoms with Crippen molar-refractivity contribution < 1.29 is 14.6 Å². The molecular formula is C8H11N3O3. The second-order valence-electron chi connectivity index (χ2n) is 3.31. The van der Waals surface area contributed by atoms with E-state index in [4.69, 9.17) is 9.84 Å². The lowest BCUT2D eigenvalue weighted by Crippen LogP contribution is -2.18. The van der Waals surface area contributed by atoms with Crippen LogP contribution in [0.5, 0.6) is 0 Å². The number of aromatic amines is 1. The standard InChI is InChI=1S/C8H11N3O3/c1-4-9-7(11-10-4)5-2-3-6(14-5)8(12)13/h5-6H,2-3H2,1H3,(H,12,13)(H,9,10,11). The molecule has 6 heteroatoms. The molecule has 0 aromatic carbocycles. The van der Waals surface area contributed by atoms with Crippen molar-refractivity contribution in [1.29, 1.82) is 0 Å². The molecule has 1 saturated heterocycles. The molecule has 2 rings (SSSR count). The molecule has 0 amide bonds. The average molecular weight is 197 g/mol.